The molecular weight excluding hydrogens is 562 g/mol. The lowest BCUT2D eigenvalue weighted by Gasteiger charge is -2.33. The summed E-state index contributed by atoms with van der Waals surface area (Å²) in [6.45, 7) is 4.10. The number of unbranched alkanes of at least 4 members (excludes halogenated alkanes) is 1. The fourth-order valence-electron chi connectivity index (χ4n) is 4.46. The number of nitrogens with zero attached hydrogens (tertiary/aromatic N) is 2. The maximum absolute atomic E-state index is 14.1. The van der Waals surface area contributed by atoms with Gasteiger partial charge < -0.3 is 15.0 Å². The topological polar surface area (TPSA) is 96.0 Å². The smallest absolute Gasteiger partial charge is 0.264 e. The molecule has 3 aromatic rings. The molecule has 1 atom stereocenters. The molecule has 0 saturated heterocycles. The number of carbonyl (C=O) groups is 2. The van der Waals surface area contributed by atoms with Gasteiger partial charge in [0.05, 0.1) is 22.7 Å². The molecule has 0 aliphatic heterocycles. The maximum Gasteiger partial charge on any atom is 0.264 e. The lowest BCUT2D eigenvalue weighted by atomic mass is 10.1. The number of anilines is 1. The minimum atomic E-state index is -4.17. The second-order valence-electron chi connectivity index (χ2n) is 9.53. The Bertz CT molecular complexity index is 1390. The van der Waals surface area contributed by atoms with Crippen molar-refractivity contribution in [3.8, 4) is 5.75 Å². The van der Waals surface area contributed by atoms with Crippen LogP contribution >= 0.6 is 11.6 Å². The summed E-state index contributed by atoms with van der Waals surface area (Å²) in [6, 6.07) is 21.3. The molecule has 0 aliphatic rings. The summed E-state index contributed by atoms with van der Waals surface area (Å²) in [4.78, 5) is 28.8. The number of carbonyl (C=O) groups excluding carboxylic acids is 2. The highest BCUT2D eigenvalue weighted by Gasteiger charge is 2.33. The molecule has 41 heavy (non-hydrogen) atoms. The average molecular weight is 600 g/mol. The minimum absolute atomic E-state index is 0.0277. The van der Waals surface area contributed by atoms with Gasteiger partial charge in [-0.3, -0.25) is 13.9 Å². The Kier molecular flexibility index (Phi) is 12.0. The van der Waals surface area contributed by atoms with Crippen LogP contribution in [-0.2, 0) is 26.0 Å². The number of methoxy groups -OCH3 is 1. The first-order chi connectivity index (χ1) is 19.7. The number of hydrogen-bond donors (Lipinski definition) is 1. The Morgan fingerprint density at radius 1 is 0.976 bits per heavy atom. The molecule has 3 aromatic carbocycles. The number of rotatable bonds is 15. The molecule has 0 bridgehead atoms. The molecule has 2 amide bonds. The van der Waals surface area contributed by atoms with Gasteiger partial charge in [-0.05, 0) is 55.2 Å². The van der Waals surface area contributed by atoms with Gasteiger partial charge in [0.25, 0.3) is 10.0 Å². The molecule has 1 unspecified atom stereocenters. The molecule has 10 heteroatoms. The van der Waals surface area contributed by atoms with Crippen LogP contribution in [0.4, 0.5) is 5.69 Å². The number of halogens is 1. The molecule has 3 rings (SSSR count). The molecule has 220 valence electrons. The minimum Gasteiger partial charge on any atom is -0.495 e. The molecule has 0 radical (unpaired) electrons. The molecule has 0 heterocycles. The second-order valence-corrected chi connectivity index (χ2v) is 11.8. The van der Waals surface area contributed by atoms with E-state index in [1.54, 1.807) is 30.3 Å². The van der Waals surface area contributed by atoms with Crippen LogP contribution in [0.1, 0.15) is 38.7 Å². The fourth-order valence-corrected chi connectivity index (χ4v) is 6.14. The van der Waals surface area contributed by atoms with Crippen molar-refractivity contribution in [3.63, 3.8) is 0 Å². The highest BCUT2D eigenvalue weighted by molar-refractivity contribution is 7.92. The largest absolute Gasteiger partial charge is 0.495 e. The van der Waals surface area contributed by atoms with Crippen molar-refractivity contribution in [1.29, 1.82) is 0 Å². The lowest BCUT2D eigenvalue weighted by molar-refractivity contribution is -0.139. The summed E-state index contributed by atoms with van der Waals surface area (Å²) in [5.41, 5.74) is 1.21. The van der Waals surface area contributed by atoms with Crippen molar-refractivity contribution in [1.82, 2.24) is 10.2 Å². The van der Waals surface area contributed by atoms with Crippen LogP contribution in [0.15, 0.2) is 83.8 Å². The Labute approximate surface area is 248 Å². The van der Waals surface area contributed by atoms with E-state index in [0.717, 1.165) is 22.7 Å². The number of sulfonamides is 1. The third kappa shape index (κ3) is 8.47. The number of hydrogen-bond acceptors (Lipinski definition) is 5. The van der Waals surface area contributed by atoms with E-state index in [-0.39, 0.29) is 28.1 Å². The van der Waals surface area contributed by atoms with Gasteiger partial charge in [0.1, 0.15) is 18.3 Å². The zero-order valence-corrected chi connectivity index (χ0v) is 25.3. The summed E-state index contributed by atoms with van der Waals surface area (Å²) < 4.78 is 34.0. The molecule has 1 N–H and O–H groups in total. The van der Waals surface area contributed by atoms with Crippen molar-refractivity contribution in [2.75, 3.05) is 31.0 Å². The highest BCUT2D eigenvalue weighted by Crippen LogP contribution is 2.32. The molecule has 0 fully saturated rings. The van der Waals surface area contributed by atoms with E-state index in [1.807, 2.05) is 44.2 Å². The maximum atomic E-state index is 14.1. The van der Waals surface area contributed by atoms with E-state index in [4.69, 9.17) is 16.3 Å². The van der Waals surface area contributed by atoms with Gasteiger partial charge in [-0.25, -0.2) is 8.42 Å². The third-order valence-corrected chi connectivity index (χ3v) is 8.82. The van der Waals surface area contributed by atoms with Crippen LogP contribution in [0.5, 0.6) is 5.75 Å². The van der Waals surface area contributed by atoms with E-state index >= 15 is 0 Å². The van der Waals surface area contributed by atoms with Gasteiger partial charge in [-0.2, -0.15) is 0 Å². The summed E-state index contributed by atoms with van der Waals surface area (Å²) in [5.74, 6) is -0.379. The van der Waals surface area contributed by atoms with Crippen molar-refractivity contribution >= 4 is 39.1 Å². The Morgan fingerprint density at radius 2 is 1.63 bits per heavy atom. The van der Waals surface area contributed by atoms with Gasteiger partial charge in [0.15, 0.2) is 0 Å². The van der Waals surface area contributed by atoms with Crippen molar-refractivity contribution in [3.05, 3.63) is 89.4 Å². The predicted molar refractivity (Wildman–Crippen MR) is 163 cm³/mol. The highest BCUT2D eigenvalue weighted by atomic mass is 35.5. The SMILES string of the molecule is CCCCNC(=O)C(CC)N(CCc1ccccc1)C(=O)CN(c1ccc(OC)c(Cl)c1)S(=O)(=O)c1ccccc1. The Morgan fingerprint density at radius 3 is 2.22 bits per heavy atom. The normalized spacial score (nSPS) is 11.9. The Balaban J connectivity index is 2.00. The van der Waals surface area contributed by atoms with Crippen LogP contribution in [0.2, 0.25) is 5.02 Å². The summed E-state index contributed by atoms with van der Waals surface area (Å²) >= 11 is 6.37. The Hall–Kier alpha value is -3.56. The standard InChI is InChI=1S/C31H38ClN3O5S/c1-4-6-20-33-31(37)28(5-2)34(21-19-24-13-9-7-10-14-24)30(36)23-35(25-17-18-29(40-3)27(32)22-25)41(38,39)26-15-11-8-12-16-26/h7-18,22,28H,4-6,19-21,23H2,1-3H3,(H,33,37). The van der Waals surface area contributed by atoms with E-state index in [9.17, 15) is 18.0 Å². The van der Waals surface area contributed by atoms with Gasteiger partial charge in [-0.1, -0.05) is 80.4 Å². The fraction of sp³-hybridized carbons (Fsp3) is 0.355. The van der Waals surface area contributed by atoms with E-state index in [2.05, 4.69) is 5.32 Å². The molecule has 0 saturated carbocycles. The van der Waals surface area contributed by atoms with Crippen LogP contribution in [-0.4, -0.2) is 57.9 Å². The van der Waals surface area contributed by atoms with Gasteiger partial charge in [-0.15, -0.1) is 0 Å². The van der Waals surface area contributed by atoms with Crippen molar-refractivity contribution < 1.29 is 22.7 Å². The molecular formula is C31H38ClN3O5S. The third-order valence-electron chi connectivity index (χ3n) is 6.73. The average Bonchev–Trinajstić information content (AvgIpc) is 2.98. The molecule has 8 nitrogen and oxygen atoms in total. The number of amides is 2. The first-order valence-corrected chi connectivity index (χ1v) is 15.6. The van der Waals surface area contributed by atoms with Crippen molar-refractivity contribution in [2.24, 2.45) is 0 Å². The number of benzene rings is 3. The molecule has 0 aliphatic carbocycles. The van der Waals surface area contributed by atoms with Crippen LogP contribution in [0.3, 0.4) is 0 Å². The summed E-state index contributed by atoms with van der Waals surface area (Å²) in [6.07, 6.45) is 2.62. The van der Waals surface area contributed by atoms with Crippen LogP contribution < -0.4 is 14.4 Å². The van der Waals surface area contributed by atoms with Crippen LogP contribution in [0, 0.1) is 0 Å². The van der Waals surface area contributed by atoms with Gasteiger partial charge in [0.2, 0.25) is 11.8 Å². The van der Waals surface area contributed by atoms with E-state index in [1.165, 1.54) is 30.2 Å². The molecule has 0 aromatic heterocycles. The number of nitrogens with one attached hydrogen (secondary N) is 1. The van der Waals surface area contributed by atoms with E-state index < -0.39 is 28.5 Å². The van der Waals surface area contributed by atoms with E-state index in [0.29, 0.717) is 25.1 Å². The monoisotopic (exact) mass is 599 g/mol. The number of ether oxygens (including phenoxy) is 1. The predicted octanol–water partition coefficient (Wildman–Crippen LogP) is 5.31. The summed E-state index contributed by atoms with van der Waals surface area (Å²) in [7, 11) is -2.71. The zero-order chi connectivity index (χ0) is 29.8. The van der Waals surface area contributed by atoms with Crippen molar-refractivity contribution in [2.45, 2.75) is 50.5 Å². The van der Waals surface area contributed by atoms with Gasteiger partial charge >= 0.3 is 0 Å². The first kappa shape index (κ1) is 32.0. The zero-order valence-electron chi connectivity index (χ0n) is 23.8. The lowest BCUT2D eigenvalue weighted by Crippen LogP contribution is -2.53. The second kappa shape index (κ2) is 15.4. The summed E-state index contributed by atoms with van der Waals surface area (Å²) in [5, 5.41) is 3.14. The quantitative estimate of drug-likeness (QED) is 0.239. The van der Waals surface area contributed by atoms with Crippen LogP contribution in [0.25, 0.3) is 0 Å². The van der Waals surface area contributed by atoms with Gasteiger partial charge in [0, 0.05) is 13.1 Å². The molecule has 0 spiro atoms. The first-order valence-electron chi connectivity index (χ1n) is 13.7.